The fourth-order valence-electron chi connectivity index (χ4n) is 3.31. The number of aryl methyl sites for hydroxylation is 1. The Kier molecular flexibility index (Phi) is 4.75. The first-order valence-corrected chi connectivity index (χ1v) is 8.85. The zero-order valence-corrected chi connectivity index (χ0v) is 14.8. The summed E-state index contributed by atoms with van der Waals surface area (Å²) in [5.41, 5.74) is 0.946. The van der Waals surface area contributed by atoms with Crippen LogP contribution in [-0.4, -0.2) is 58.9 Å². The topological polar surface area (TPSA) is 80.9 Å². The molecule has 2 aliphatic heterocycles. The molecule has 3 heterocycles. The lowest BCUT2D eigenvalue weighted by Gasteiger charge is -2.21. The van der Waals surface area contributed by atoms with Crippen LogP contribution >= 0.6 is 0 Å². The first-order chi connectivity index (χ1) is 12.7. The minimum absolute atomic E-state index is 0.138. The van der Waals surface area contributed by atoms with Crippen molar-refractivity contribution in [2.24, 2.45) is 0 Å². The molecule has 0 spiro atoms. The Hall–Kier alpha value is -2.61. The van der Waals surface area contributed by atoms with E-state index in [0.29, 0.717) is 37.0 Å². The molecule has 1 amide bonds. The summed E-state index contributed by atoms with van der Waals surface area (Å²) in [6.07, 6.45) is 1.31. The molecule has 2 aromatic rings. The molecule has 1 saturated heterocycles. The molecule has 0 unspecified atom stereocenters. The number of aromatic nitrogens is 2. The molecule has 0 radical (unpaired) electrons. The maximum Gasteiger partial charge on any atom is 0.231 e. The molecule has 0 saturated carbocycles. The number of hydrogen-bond donors (Lipinski definition) is 0. The number of fused-ring (bicyclic) bond motifs is 1. The van der Waals surface area contributed by atoms with Crippen LogP contribution in [0.4, 0.5) is 0 Å². The van der Waals surface area contributed by atoms with E-state index in [9.17, 15) is 4.79 Å². The van der Waals surface area contributed by atoms with Crippen molar-refractivity contribution in [3.05, 3.63) is 35.5 Å². The second kappa shape index (κ2) is 7.33. The van der Waals surface area contributed by atoms with Crippen molar-refractivity contribution < 1.29 is 18.7 Å². The average molecular weight is 358 g/mol. The van der Waals surface area contributed by atoms with Gasteiger partial charge in [0.25, 0.3) is 0 Å². The van der Waals surface area contributed by atoms with E-state index in [-0.39, 0.29) is 12.7 Å². The standard InChI is InChI=1S/C18H22N4O4/c1-13-19-20-17(26-13)11-21-5-2-6-22(8-7-21)18(23)10-14-3-4-15-16(9-14)25-12-24-15/h3-4,9H,2,5-8,10-12H2,1H3. The minimum Gasteiger partial charge on any atom is -0.454 e. The third-order valence-electron chi connectivity index (χ3n) is 4.66. The SMILES string of the molecule is Cc1nnc(CN2CCCN(C(=O)Cc3ccc4c(c3)OCO4)CC2)o1. The molecule has 138 valence electrons. The first-order valence-electron chi connectivity index (χ1n) is 8.85. The number of benzene rings is 1. The van der Waals surface area contributed by atoms with Crippen LogP contribution in [0.25, 0.3) is 0 Å². The van der Waals surface area contributed by atoms with Gasteiger partial charge in [0, 0.05) is 33.1 Å². The number of nitrogens with zero attached hydrogens (tertiary/aromatic N) is 4. The lowest BCUT2D eigenvalue weighted by molar-refractivity contribution is -0.130. The van der Waals surface area contributed by atoms with Gasteiger partial charge in [-0.25, -0.2) is 0 Å². The Morgan fingerprint density at radius 3 is 2.85 bits per heavy atom. The highest BCUT2D eigenvalue weighted by Crippen LogP contribution is 2.32. The van der Waals surface area contributed by atoms with E-state index in [4.69, 9.17) is 13.9 Å². The summed E-state index contributed by atoms with van der Waals surface area (Å²) in [5.74, 6) is 2.80. The van der Waals surface area contributed by atoms with Gasteiger partial charge in [-0.15, -0.1) is 10.2 Å². The van der Waals surface area contributed by atoms with Crippen molar-refractivity contribution in [3.8, 4) is 11.5 Å². The number of carbonyl (C=O) groups excluding carboxylic acids is 1. The molecular formula is C18H22N4O4. The van der Waals surface area contributed by atoms with Gasteiger partial charge in [-0.3, -0.25) is 9.69 Å². The van der Waals surface area contributed by atoms with Gasteiger partial charge in [0.05, 0.1) is 13.0 Å². The summed E-state index contributed by atoms with van der Waals surface area (Å²) in [6, 6.07) is 5.68. The van der Waals surface area contributed by atoms with Gasteiger partial charge in [-0.1, -0.05) is 6.07 Å². The lowest BCUT2D eigenvalue weighted by atomic mass is 10.1. The molecule has 0 aliphatic carbocycles. The molecular weight excluding hydrogens is 336 g/mol. The lowest BCUT2D eigenvalue weighted by Crippen LogP contribution is -2.36. The van der Waals surface area contributed by atoms with Gasteiger partial charge in [-0.2, -0.15) is 0 Å². The van der Waals surface area contributed by atoms with Crippen LogP contribution in [0.3, 0.4) is 0 Å². The van der Waals surface area contributed by atoms with Crippen LogP contribution in [0.15, 0.2) is 22.6 Å². The molecule has 1 aromatic heterocycles. The number of rotatable bonds is 4. The largest absolute Gasteiger partial charge is 0.454 e. The molecule has 2 aliphatic rings. The summed E-state index contributed by atoms with van der Waals surface area (Å²) < 4.78 is 16.1. The van der Waals surface area contributed by atoms with Crippen molar-refractivity contribution in [2.75, 3.05) is 33.0 Å². The second-order valence-electron chi connectivity index (χ2n) is 6.59. The van der Waals surface area contributed by atoms with E-state index < -0.39 is 0 Å². The monoisotopic (exact) mass is 358 g/mol. The van der Waals surface area contributed by atoms with Crippen molar-refractivity contribution in [1.82, 2.24) is 20.0 Å². The van der Waals surface area contributed by atoms with Crippen LogP contribution in [0, 0.1) is 6.92 Å². The van der Waals surface area contributed by atoms with Crippen molar-refractivity contribution >= 4 is 5.91 Å². The highest BCUT2D eigenvalue weighted by Gasteiger charge is 2.21. The van der Waals surface area contributed by atoms with Gasteiger partial charge >= 0.3 is 0 Å². The molecule has 0 atom stereocenters. The summed E-state index contributed by atoms with van der Waals surface area (Å²) >= 11 is 0. The Labute approximate surface area is 151 Å². The van der Waals surface area contributed by atoms with Crippen LogP contribution < -0.4 is 9.47 Å². The van der Waals surface area contributed by atoms with Gasteiger partial charge < -0.3 is 18.8 Å². The van der Waals surface area contributed by atoms with Crippen LogP contribution in [0.2, 0.25) is 0 Å². The average Bonchev–Trinajstić information content (AvgIpc) is 3.18. The van der Waals surface area contributed by atoms with Crippen molar-refractivity contribution in [1.29, 1.82) is 0 Å². The summed E-state index contributed by atoms with van der Waals surface area (Å²) in [4.78, 5) is 16.9. The molecule has 1 fully saturated rings. The number of amides is 1. The highest BCUT2D eigenvalue weighted by molar-refractivity contribution is 5.79. The zero-order valence-electron chi connectivity index (χ0n) is 14.8. The maximum atomic E-state index is 12.7. The summed E-state index contributed by atoms with van der Waals surface area (Å²) in [7, 11) is 0. The number of ether oxygens (including phenoxy) is 2. The van der Waals surface area contributed by atoms with Gasteiger partial charge in [-0.05, 0) is 24.1 Å². The van der Waals surface area contributed by atoms with Crippen LogP contribution in [-0.2, 0) is 17.8 Å². The number of hydrogen-bond acceptors (Lipinski definition) is 7. The first kappa shape index (κ1) is 16.8. The Morgan fingerprint density at radius 1 is 1.12 bits per heavy atom. The Balaban J connectivity index is 1.32. The highest BCUT2D eigenvalue weighted by atomic mass is 16.7. The zero-order chi connectivity index (χ0) is 17.9. The third-order valence-corrected chi connectivity index (χ3v) is 4.66. The molecule has 0 bridgehead atoms. The summed E-state index contributed by atoms with van der Waals surface area (Å²) in [6.45, 7) is 5.84. The fourth-order valence-corrected chi connectivity index (χ4v) is 3.31. The smallest absolute Gasteiger partial charge is 0.231 e. The van der Waals surface area contributed by atoms with E-state index >= 15 is 0 Å². The van der Waals surface area contributed by atoms with Crippen LogP contribution in [0.5, 0.6) is 11.5 Å². The van der Waals surface area contributed by atoms with E-state index in [2.05, 4.69) is 15.1 Å². The van der Waals surface area contributed by atoms with E-state index in [1.54, 1.807) is 6.92 Å². The predicted octanol–water partition coefficient (Wildman–Crippen LogP) is 1.38. The van der Waals surface area contributed by atoms with E-state index in [0.717, 1.165) is 37.4 Å². The minimum atomic E-state index is 0.138. The van der Waals surface area contributed by atoms with E-state index in [1.165, 1.54) is 0 Å². The second-order valence-corrected chi connectivity index (χ2v) is 6.59. The molecule has 26 heavy (non-hydrogen) atoms. The van der Waals surface area contributed by atoms with Gasteiger partial charge in [0.2, 0.25) is 24.5 Å². The summed E-state index contributed by atoms with van der Waals surface area (Å²) in [5, 5.41) is 7.91. The van der Waals surface area contributed by atoms with E-state index in [1.807, 2.05) is 23.1 Å². The maximum absolute atomic E-state index is 12.7. The Morgan fingerprint density at radius 2 is 2.00 bits per heavy atom. The normalized spacial score (nSPS) is 17.3. The molecule has 8 heteroatoms. The van der Waals surface area contributed by atoms with Crippen molar-refractivity contribution in [3.63, 3.8) is 0 Å². The molecule has 4 rings (SSSR count). The van der Waals surface area contributed by atoms with Crippen molar-refractivity contribution in [2.45, 2.75) is 26.3 Å². The number of carbonyl (C=O) groups is 1. The Bertz CT molecular complexity index is 791. The van der Waals surface area contributed by atoms with Gasteiger partial charge in [0.15, 0.2) is 11.5 Å². The van der Waals surface area contributed by atoms with Crippen LogP contribution in [0.1, 0.15) is 23.8 Å². The predicted molar refractivity (Wildman–Crippen MR) is 91.8 cm³/mol. The quantitative estimate of drug-likeness (QED) is 0.817. The molecule has 8 nitrogen and oxygen atoms in total. The van der Waals surface area contributed by atoms with Gasteiger partial charge in [0.1, 0.15) is 0 Å². The molecule has 0 N–H and O–H groups in total. The third kappa shape index (κ3) is 3.80. The molecule has 1 aromatic carbocycles. The fraction of sp³-hybridized carbons (Fsp3) is 0.500.